The van der Waals surface area contributed by atoms with Gasteiger partial charge in [0.15, 0.2) is 6.10 Å². The Labute approximate surface area is 89.7 Å². The molecule has 0 aliphatic heterocycles. The standard InChI is InChI=1S/C9H10N2O5/c12-6(9(15)16)4-10-8(14)5-2-1-3-7(13)11-5/h1-3,6,12H,4H2,(H,10,14)(H,11,13)(H,15,16)/t6-/m0/s1. The number of amides is 1. The van der Waals surface area contributed by atoms with E-state index in [2.05, 4.69) is 10.3 Å². The number of aromatic nitrogens is 1. The van der Waals surface area contributed by atoms with E-state index >= 15 is 0 Å². The molecule has 0 bridgehead atoms. The number of carboxylic acids is 1. The molecular formula is C9H10N2O5. The van der Waals surface area contributed by atoms with Gasteiger partial charge in [0.1, 0.15) is 5.69 Å². The molecular weight excluding hydrogens is 216 g/mol. The van der Waals surface area contributed by atoms with Gasteiger partial charge in [-0.15, -0.1) is 0 Å². The Bertz CT molecular complexity index is 453. The van der Waals surface area contributed by atoms with E-state index in [-0.39, 0.29) is 5.69 Å². The summed E-state index contributed by atoms with van der Waals surface area (Å²) < 4.78 is 0. The van der Waals surface area contributed by atoms with Crippen molar-refractivity contribution in [2.75, 3.05) is 6.54 Å². The first kappa shape index (κ1) is 11.9. The Hall–Kier alpha value is -2.15. The van der Waals surface area contributed by atoms with Crippen LogP contribution in [0.25, 0.3) is 0 Å². The molecule has 1 aromatic heterocycles. The third-order valence-corrected chi connectivity index (χ3v) is 1.75. The first-order valence-electron chi connectivity index (χ1n) is 4.39. The monoisotopic (exact) mass is 226 g/mol. The maximum absolute atomic E-state index is 11.3. The van der Waals surface area contributed by atoms with Gasteiger partial charge in [0.25, 0.3) is 5.91 Å². The molecule has 7 nitrogen and oxygen atoms in total. The minimum Gasteiger partial charge on any atom is -0.479 e. The zero-order valence-corrected chi connectivity index (χ0v) is 8.14. The van der Waals surface area contributed by atoms with Crippen molar-refractivity contribution in [1.82, 2.24) is 10.3 Å². The number of carbonyl (C=O) groups excluding carboxylic acids is 1. The van der Waals surface area contributed by atoms with Gasteiger partial charge in [-0.25, -0.2) is 4.79 Å². The molecule has 1 rings (SSSR count). The summed E-state index contributed by atoms with van der Waals surface area (Å²) in [5.41, 5.74) is -0.434. The fourth-order valence-electron chi connectivity index (χ4n) is 0.952. The highest BCUT2D eigenvalue weighted by Crippen LogP contribution is 1.90. The van der Waals surface area contributed by atoms with Crippen molar-refractivity contribution < 1.29 is 19.8 Å². The van der Waals surface area contributed by atoms with Crippen LogP contribution in [0.5, 0.6) is 0 Å². The van der Waals surface area contributed by atoms with Crippen LogP contribution in [0.2, 0.25) is 0 Å². The van der Waals surface area contributed by atoms with E-state index in [4.69, 9.17) is 10.2 Å². The normalized spacial score (nSPS) is 11.8. The summed E-state index contributed by atoms with van der Waals surface area (Å²) in [6.07, 6.45) is -1.67. The fourth-order valence-corrected chi connectivity index (χ4v) is 0.952. The Balaban J connectivity index is 2.60. The highest BCUT2D eigenvalue weighted by atomic mass is 16.4. The molecule has 0 fully saturated rings. The number of nitrogens with one attached hydrogen (secondary N) is 2. The van der Waals surface area contributed by atoms with E-state index in [1.165, 1.54) is 18.2 Å². The number of pyridine rings is 1. The number of H-pyrrole nitrogens is 1. The fraction of sp³-hybridized carbons (Fsp3) is 0.222. The molecule has 0 unspecified atom stereocenters. The quantitative estimate of drug-likeness (QED) is 0.500. The Morgan fingerprint density at radius 3 is 2.69 bits per heavy atom. The van der Waals surface area contributed by atoms with E-state index in [0.29, 0.717) is 0 Å². The molecule has 16 heavy (non-hydrogen) atoms. The first-order valence-corrected chi connectivity index (χ1v) is 4.39. The summed E-state index contributed by atoms with van der Waals surface area (Å²) in [5, 5.41) is 19.4. The van der Waals surface area contributed by atoms with Gasteiger partial charge in [-0.1, -0.05) is 6.07 Å². The van der Waals surface area contributed by atoms with Crippen molar-refractivity contribution in [3.63, 3.8) is 0 Å². The zero-order valence-electron chi connectivity index (χ0n) is 8.14. The lowest BCUT2D eigenvalue weighted by atomic mass is 10.3. The van der Waals surface area contributed by atoms with Crippen LogP contribution >= 0.6 is 0 Å². The molecule has 1 atom stereocenters. The van der Waals surface area contributed by atoms with Crippen molar-refractivity contribution >= 4 is 11.9 Å². The molecule has 1 amide bonds. The summed E-state index contributed by atoms with van der Waals surface area (Å²) in [5.74, 6) is -2.08. The molecule has 0 aliphatic rings. The van der Waals surface area contributed by atoms with Gasteiger partial charge < -0.3 is 20.5 Å². The predicted octanol–water partition coefficient (Wildman–Crippen LogP) is -1.45. The molecule has 0 saturated carbocycles. The summed E-state index contributed by atoms with van der Waals surface area (Å²) >= 11 is 0. The molecule has 1 aromatic rings. The van der Waals surface area contributed by atoms with Gasteiger partial charge in [-0.05, 0) is 6.07 Å². The lowest BCUT2D eigenvalue weighted by Gasteiger charge is -2.07. The van der Waals surface area contributed by atoms with Crippen LogP contribution in [-0.2, 0) is 4.79 Å². The van der Waals surface area contributed by atoms with E-state index in [0.717, 1.165) is 0 Å². The van der Waals surface area contributed by atoms with Crippen molar-refractivity contribution in [2.24, 2.45) is 0 Å². The van der Waals surface area contributed by atoms with Crippen LogP contribution in [0.4, 0.5) is 0 Å². The third kappa shape index (κ3) is 3.21. The topological polar surface area (TPSA) is 119 Å². The van der Waals surface area contributed by atoms with Crippen molar-refractivity contribution in [3.8, 4) is 0 Å². The second kappa shape index (κ2) is 5.08. The largest absolute Gasteiger partial charge is 0.479 e. The number of carbonyl (C=O) groups is 2. The lowest BCUT2D eigenvalue weighted by Crippen LogP contribution is -2.37. The summed E-state index contributed by atoms with van der Waals surface area (Å²) in [6.45, 7) is -0.426. The highest BCUT2D eigenvalue weighted by Gasteiger charge is 2.14. The maximum Gasteiger partial charge on any atom is 0.334 e. The molecule has 86 valence electrons. The Morgan fingerprint density at radius 2 is 2.12 bits per heavy atom. The van der Waals surface area contributed by atoms with Crippen LogP contribution in [-0.4, -0.2) is 39.7 Å². The number of aliphatic carboxylic acids is 1. The van der Waals surface area contributed by atoms with Gasteiger partial charge in [0.2, 0.25) is 5.56 Å². The van der Waals surface area contributed by atoms with E-state index < -0.39 is 30.1 Å². The Morgan fingerprint density at radius 1 is 1.44 bits per heavy atom. The second-order valence-corrected chi connectivity index (χ2v) is 2.99. The average molecular weight is 226 g/mol. The summed E-state index contributed by atoms with van der Waals surface area (Å²) in [7, 11) is 0. The molecule has 0 radical (unpaired) electrons. The Kier molecular flexibility index (Phi) is 3.78. The van der Waals surface area contributed by atoms with E-state index in [9.17, 15) is 14.4 Å². The number of aliphatic hydroxyl groups is 1. The van der Waals surface area contributed by atoms with Gasteiger partial charge in [0.05, 0.1) is 6.54 Å². The van der Waals surface area contributed by atoms with Crippen LogP contribution < -0.4 is 10.9 Å². The number of rotatable bonds is 4. The van der Waals surface area contributed by atoms with Crippen molar-refractivity contribution in [1.29, 1.82) is 0 Å². The van der Waals surface area contributed by atoms with Crippen LogP contribution in [0.15, 0.2) is 23.0 Å². The number of aromatic amines is 1. The lowest BCUT2D eigenvalue weighted by molar-refractivity contribution is -0.146. The number of carboxylic acid groups (broad SMARTS) is 1. The molecule has 1 heterocycles. The van der Waals surface area contributed by atoms with Crippen LogP contribution in [0.1, 0.15) is 10.5 Å². The van der Waals surface area contributed by atoms with E-state index in [1.54, 1.807) is 0 Å². The second-order valence-electron chi connectivity index (χ2n) is 2.99. The predicted molar refractivity (Wildman–Crippen MR) is 53.0 cm³/mol. The van der Waals surface area contributed by atoms with Gasteiger partial charge >= 0.3 is 5.97 Å². The number of hydrogen-bond donors (Lipinski definition) is 4. The smallest absolute Gasteiger partial charge is 0.334 e. The first-order chi connectivity index (χ1) is 7.50. The van der Waals surface area contributed by atoms with Gasteiger partial charge in [-0.2, -0.15) is 0 Å². The highest BCUT2D eigenvalue weighted by molar-refractivity contribution is 5.92. The molecule has 0 saturated heterocycles. The number of aliphatic hydroxyl groups excluding tert-OH is 1. The van der Waals surface area contributed by atoms with Crippen LogP contribution in [0.3, 0.4) is 0 Å². The van der Waals surface area contributed by atoms with Gasteiger partial charge in [0, 0.05) is 6.07 Å². The average Bonchev–Trinajstić information content (AvgIpc) is 2.25. The number of hydrogen-bond acceptors (Lipinski definition) is 4. The molecule has 7 heteroatoms. The molecule has 0 aromatic carbocycles. The van der Waals surface area contributed by atoms with Gasteiger partial charge in [-0.3, -0.25) is 9.59 Å². The summed E-state index contributed by atoms with van der Waals surface area (Å²) in [4.78, 5) is 34.7. The molecule has 4 N–H and O–H groups in total. The SMILES string of the molecule is O=C(NC[C@H](O)C(=O)O)c1cccc(=O)[nH]1. The summed E-state index contributed by atoms with van der Waals surface area (Å²) in [6, 6.07) is 3.99. The minimum atomic E-state index is -1.67. The van der Waals surface area contributed by atoms with Crippen molar-refractivity contribution in [2.45, 2.75) is 6.10 Å². The van der Waals surface area contributed by atoms with Crippen molar-refractivity contribution in [3.05, 3.63) is 34.2 Å². The minimum absolute atomic E-state index is 0.00471. The molecule has 0 spiro atoms. The molecule has 0 aliphatic carbocycles. The van der Waals surface area contributed by atoms with Crippen LogP contribution in [0, 0.1) is 0 Å². The van der Waals surface area contributed by atoms with E-state index in [1.807, 2.05) is 0 Å². The maximum atomic E-state index is 11.3. The zero-order chi connectivity index (χ0) is 12.1. The third-order valence-electron chi connectivity index (χ3n) is 1.75.